The number of furan rings is 1. The summed E-state index contributed by atoms with van der Waals surface area (Å²) in [6.45, 7) is 1.91. The first-order valence-corrected chi connectivity index (χ1v) is 12.7. The van der Waals surface area contributed by atoms with Crippen molar-refractivity contribution in [1.29, 1.82) is 0 Å². The van der Waals surface area contributed by atoms with Crippen molar-refractivity contribution in [2.75, 3.05) is 12.9 Å². The molecule has 1 fully saturated rings. The number of benzene rings is 2. The Balaban J connectivity index is 1.37. The van der Waals surface area contributed by atoms with E-state index in [4.69, 9.17) is 13.9 Å². The summed E-state index contributed by atoms with van der Waals surface area (Å²) in [6.07, 6.45) is 3.11. The number of carbonyl (C=O) groups is 2. The molecule has 1 aromatic heterocycles. The molecule has 5 rings (SSSR count). The van der Waals surface area contributed by atoms with Gasteiger partial charge in [-0.3, -0.25) is 24.8 Å². The summed E-state index contributed by atoms with van der Waals surface area (Å²) in [5, 5.41) is 10.5. The lowest BCUT2D eigenvalue weighted by atomic mass is 10.0. The van der Waals surface area contributed by atoms with Crippen LogP contribution in [0.4, 0.5) is 5.69 Å². The molecule has 0 radical (unpaired) electrons. The van der Waals surface area contributed by atoms with E-state index in [1.165, 1.54) is 35.0 Å². The molecular formula is C27H23N3O7S. The minimum atomic E-state index is -0.695. The number of esters is 1. The van der Waals surface area contributed by atoms with Crippen LogP contribution in [0.5, 0.6) is 5.75 Å². The van der Waals surface area contributed by atoms with E-state index in [-0.39, 0.29) is 29.3 Å². The van der Waals surface area contributed by atoms with Gasteiger partial charge in [0.1, 0.15) is 29.2 Å². The summed E-state index contributed by atoms with van der Waals surface area (Å²) in [5.74, 6) is 0.670. The maximum Gasteiger partial charge on any atom is 0.355 e. The van der Waals surface area contributed by atoms with E-state index < -0.39 is 16.9 Å². The number of nitrogens with zero attached hydrogens (tertiary/aromatic N) is 3. The Morgan fingerprint density at radius 3 is 2.61 bits per heavy atom. The molecule has 0 saturated carbocycles. The first kappa shape index (κ1) is 25.3. The number of nitro groups is 1. The molecule has 0 unspecified atom stereocenters. The maximum absolute atomic E-state index is 13.4. The van der Waals surface area contributed by atoms with Gasteiger partial charge in [0.2, 0.25) is 0 Å². The number of fused-ring (bicyclic) bond motifs is 1. The van der Waals surface area contributed by atoms with Gasteiger partial charge in [0, 0.05) is 29.7 Å². The minimum absolute atomic E-state index is 0.0261. The molecule has 0 aliphatic carbocycles. The Kier molecular flexibility index (Phi) is 7.01. The lowest BCUT2D eigenvalue weighted by Gasteiger charge is -2.47. The van der Waals surface area contributed by atoms with Gasteiger partial charge in [0.25, 0.3) is 11.6 Å². The number of hydrogen-bond donors (Lipinski definition) is 0. The first-order chi connectivity index (χ1) is 18.4. The predicted octanol–water partition coefficient (Wildman–Crippen LogP) is 4.36. The Labute approximate surface area is 222 Å². The average Bonchev–Trinajstić information content (AvgIpc) is 3.37. The Morgan fingerprint density at radius 1 is 1.24 bits per heavy atom. The van der Waals surface area contributed by atoms with Crippen LogP contribution in [0.15, 0.2) is 76.0 Å². The fraction of sp³-hybridized carbons (Fsp3) is 0.222. The number of amides is 1. The van der Waals surface area contributed by atoms with Crippen LogP contribution in [0, 0.1) is 17.0 Å². The molecule has 10 nitrogen and oxygen atoms in total. The van der Waals surface area contributed by atoms with Crippen LogP contribution in [0.25, 0.3) is 5.57 Å². The molecule has 1 saturated heterocycles. The highest BCUT2D eigenvalue weighted by Gasteiger charge is 2.54. The van der Waals surface area contributed by atoms with Crippen LogP contribution in [-0.4, -0.2) is 52.2 Å². The molecule has 2 aromatic carbocycles. The molecule has 0 spiro atoms. The molecule has 1 amide bonds. The van der Waals surface area contributed by atoms with Crippen LogP contribution >= 0.6 is 11.8 Å². The summed E-state index contributed by atoms with van der Waals surface area (Å²) in [5.41, 5.74) is 3.01. The van der Waals surface area contributed by atoms with Crippen molar-refractivity contribution >= 4 is 41.1 Å². The van der Waals surface area contributed by atoms with Crippen molar-refractivity contribution in [3.8, 4) is 5.75 Å². The molecule has 2 atom stereocenters. The van der Waals surface area contributed by atoms with Gasteiger partial charge in [-0.1, -0.05) is 12.1 Å². The second kappa shape index (κ2) is 10.5. The number of thioether (sulfide) groups is 1. The monoisotopic (exact) mass is 533 g/mol. The van der Waals surface area contributed by atoms with Crippen molar-refractivity contribution in [1.82, 2.24) is 4.90 Å². The molecular weight excluding hydrogens is 510 g/mol. The molecule has 2 aliphatic rings. The largest absolute Gasteiger partial charge is 0.497 e. The van der Waals surface area contributed by atoms with Crippen LogP contribution in [-0.2, 0) is 20.9 Å². The Morgan fingerprint density at radius 2 is 1.97 bits per heavy atom. The fourth-order valence-electron chi connectivity index (χ4n) is 4.16. The molecule has 194 valence electrons. The van der Waals surface area contributed by atoms with Gasteiger partial charge in [0.05, 0.1) is 18.3 Å². The SMILES string of the molecule is COc1ccc(COC(=O)C2=C(c3cc(C)co3)CS[C@H]3[C@@H](N=Cc4ccc([N+](=O)[O-])cc4)C(=O)N23)cc1. The third-order valence-corrected chi connectivity index (χ3v) is 7.44. The van der Waals surface area contributed by atoms with Crippen LogP contribution in [0.1, 0.15) is 22.5 Å². The smallest absolute Gasteiger partial charge is 0.355 e. The van der Waals surface area contributed by atoms with Gasteiger partial charge in [-0.15, -0.1) is 11.8 Å². The number of aryl methyl sites for hydroxylation is 1. The van der Waals surface area contributed by atoms with Gasteiger partial charge in [-0.2, -0.15) is 0 Å². The average molecular weight is 534 g/mol. The zero-order valence-electron chi connectivity index (χ0n) is 20.5. The van der Waals surface area contributed by atoms with E-state index in [1.54, 1.807) is 49.8 Å². The number of methoxy groups -OCH3 is 1. The topological polar surface area (TPSA) is 124 Å². The Hall–Kier alpha value is -4.38. The van der Waals surface area contributed by atoms with Crippen molar-refractivity contribution < 1.29 is 28.4 Å². The summed E-state index contributed by atoms with van der Waals surface area (Å²) in [6, 6.07) is 14.2. The summed E-state index contributed by atoms with van der Waals surface area (Å²) >= 11 is 1.48. The van der Waals surface area contributed by atoms with E-state index in [1.807, 2.05) is 13.0 Å². The predicted molar refractivity (Wildman–Crippen MR) is 141 cm³/mol. The first-order valence-electron chi connectivity index (χ1n) is 11.7. The molecule has 3 heterocycles. The summed E-state index contributed by atoms with van der Waals surface area (Å²) < 4.78 is 16.4. The second-order valence-corrected chi connectivity index (χ2v) is 9.83. The summed E-state index contributed by atoms with van der Waals surface area (Å²) in [4.78, 5) is 42.8. The number of rotatable bonds is 8. The van der Waals surface area contributed by atoms with E-state index in [0.717, 1.165) is 11.1 Å². The summed E-state index contributed by atoms with van der Waals surface area (Å²) in [7, 11) is 1.57. The van der Waals surface area contributed by atoms with Crippen molar-refractivity contribution in [2.24, 2.45) is 4.99 Å². The van der Waals surface area contributed by atoms with Crippen LogP contribution in [0.2, 0.25) is 0 Å². The molecule has 3 aromatic rings. The van der Waals surface area contributed by atoms with E-state index in [2.05, 4.69) is 4.99 Å². The Bertz CT molecular complexity index is 1440. The molecule has 2 aliphatic heterocycles. The van der Waals surface area contributed by atoms with E-state index >= 15 is 0 Å². The van der Waals surface area contributed by atoms with E-state index in [0.29, 0.717) is 28.4 Å². The standard InChI is InChI=1S/C27H23N3O7S/c1-16-11-22(36-13-16)21-15-38-26-23(28-12-17-3-7-19(8-4-17)30(33)34)25(31)29(26)24(21)27(32)37-14-18-5-9-20(35-2)10-6-18/h3-13,23,26H,14-15H2,1-2H3/t23-,26-/m0/s1. The van der Waals surface area contributed by atoms with Gasteiger partial charge >= 0.3 is 5.97 Å². The van der Waals surface area contributed by atoms with Crippen molar-refractivity contribution in [2.45, 2.75) is 24.9 Å². The second-order valence-electron chi connectivity index (χ2n) is 8.72. The number of aliphatic imine (C=N–C) groups is 1. The maximum atomic E-state index is 13.4. The van der Waals surface area contributed by atoms with Crippen LogP contribution < -0.4 is 4.74 Å². The highest BCUT2D eigenvalue weighted by atomic mass is 32.2. The number of carbonyl (C=O) groups excluding carboxylic acids is 2. The highest BCUT2D eigenvalue weighted by Crippen LogP contribution is 2.45. The van der Waals surface area contributed by atoms with Gasteiger partial charge in [-0.25, -0.2) is 4.79 Å². The third-order valence-electron chi connectivity index (χ3n) is 6.18. The lowest BCUT2D eigenvalue weighted by molar-refractivity contribution is -0.384. The van der Waals surface area contributed by atoms with Gasteiger partial charge in [0.15, 0.2) is 6.04 Å². The zero-order valence-corrected chi connectivity index (χ0v) is 21.3. The fourth-order valence-corrected chi connectivity index (χ4v) is 5.50. The third kappa shape index (κ3) is 4.92. The lowest BCUT2D eigenvalue weighted by Crippen LogP contribution is -2.64. The molecule has 0 bridgehead atoms. The van der Waals surface area contributed by atoms with Gasteiger partial charge in [-0.05, 0) is 53.9 Å². The molecule has 11 heteroatoms. The highest BCUT2D eigenvalue weighted by molar-refractivity contribution is 8.00. The molecule has 38 heavy (non-hydrogen) atoms. The number of non-ortho nitro benzene ring substituents is 1. The number of ether oxygens (including phenoxy) is 2. The van der Waals surface area contributed by atoms with Crippen LogP contribution in [0.3, 0.4) is 0 Å². The normalized spacial score (nSPS) is 18.8. The molecule has 0 N–H and O–H groups in total. The quantitative estimate of drug-likeness (QED) is 0.138. The number of nitro benzene ring substituents is 1. The minimum Gasteiger partial charge on any atom is -0.497 e. The van der Waals surface area contributed by atoms with Crippen molar-refractivity contribution in [3.63, 3.8) is 0 Å². The zero-order chi connectivity index (χ0) is 26.8. The van der Waals surface area contributed by atoms with E-state index in [9.17, 15) is 19.7 Å². The number of β-lactam (4-membered cyclic amide) rings is 1. The van der Waals surface area contributed by atoms with Crippen molar-refractivity contribution in [3.05, 3.63) is 99.1 Å². The van der Waals surface area contributed by atoms with Gasteiger partial charge < -0.3 is 13.9 Å². The number of hydrogen-bond acceptors (Lipinski definition) is 9.